The van der Waals surface area contributed by atoms with E-state index in [1.54, 1.807) is 6.92 Å². The predicted molar refractivity (Wildman–Crippen MR) is 88.9 cm³/mol. The van der Waals surface area contributed by atoms with Gasteiger partial charge in [-0.3, -0.25) is 10.2 Å². The normalized spacial score (nSPS) is 10.3. The van der Waals surface area contributed by atoms with Gasteiger partial charge in [-0.2, -0.15) is 0 Å². The van der Waals surface area contributed by atoms with Crippen LogP contribution in [0, 0.1) is 0 Å². The Balaban J connectivity index is 3.13. The Labute approximate surface area is 134 Å². The molecule has 0 unspecified atom stereocenters. The molecule has 0 aromatic rings. The average molecular weight is 312 g/mol. The first kappa shape index (κ1) is 20.6. The number of carbonyl (C=O) groups is 2. The predicted octanol–water partition coefficient (Wildman–Crippen LogP) is 3.39. The number of nitrogens with one attached hydrogen (secondary N) is 1. The molecule has 0 aliphatic rings. The van der Waals surface area contributed by atoms with Crippen LogP contribution in [0.2, 0.25) is 0 Å². The number of hydrazine groups is 1. The van der Waals surface area contributed by atoms with Gasteiger partial charge in [-0.05, 0) is 19.8 Å². The van der Waals surface area contributed by atoms with Gasteiger partial charge >= 0.3 is 5.97 Å². The van der Waals surface area contributed by atoms with Crippen molar-refractivity contribution in [2.45, 2.75) is 77.6 Å². The Bertz CT molecular complexity index is 330. The van der Waals surface area contributed by atoms with Crippen LogP contribution < -0.4 is 11.3 Å². The van der Waals surface area contributed by atoms with Crippen LogP contribution in [0.15, 0.2) is 12.2 Å². The molecular formula is C17H32N2O3. The quantitative estimate of drug-likeness (QED) is 0.129. The molecule has 5 heteroatoms. The lowest BCUT2D eigenvalue weighted by molar-refractivity contribution is -0.139. The van der Waals surface area contributed by atoms with E-state index in [-0.39, 0.29) is 11.9 Å². The number of esters is 1. The lowest BCUT2D eigenvalue weighted by atomic mass is 10.1. The lowest BCUT2D eigenvalue weighted by Crippen LogP contribution is -2.29. The second kappa shape index (κ2) is 14.6. The minimum Gasteiger partial charge on any atom is -0.462 e. The average Bonchev–Trinajstić information content (AvgIpc) is 2.51. The first-order valence-corrected chi connectivity index (χ1v) is 8.40. The highest BCUT2D eigenvalue weighted by Gasteiger charge is 2.01. The molecule has 0 aliphatic carbocycles. The molecular weight excluding hydrogens is 280 g/mol. The second-order valence-corrected chi connectivity index (χ2v) is 5.77. The molecule has 0 saturated heterocycles. The van der Waals surface area contributed by atoms with Crippen LogP contribution in [0.4, 0.5) is 0 Å². The Morgan fingerprint density at radius 1 is 0.909 bits per heavy atom. The molecule has 0 heterocycles. The molecule has 0 rings (SSSR count). The fraction of sp³-hybridized carbons (Fsp3) is 0.765. The fourth-order valence-corrected chi connectivity index (χ4v) is 2.16. The van der Waals surface area contributed by atoms with E-state index in [1.807, 2.05) is 0 Å². The molecule has 5 nitrogen and oxygen atoms in total. The standard InChI is InChI=1S/C17H32N2O3/c1-15(2)17(21)22-14-12-10-8-6-4-3-5-7-9-11-13-16(20)19-18/h1,3-14,18H2,2H3,(H,19,20). The van der Waals surface area contributed by atoms with E-state index in [0.29, 0.717) is 18.6 Å². The summed E-state index contributed by atoms with van der Waals surface area (Å²) in [7, 11) is 0. The SMILES string of the molecule is C=C(C)C(=O)OCCCCCCCCCCCCC(=O)NN. The molecule has 22 heavy (non-hydrogen) atoms. The molecule has 0 bridgehead atoms. The van der Waals surface area contributed by atoms with Crippen molar-refractivity contribution in [3.8, 4) is 0 Å². The number of amides is 1. The monoisotopic (exact) mass is 312 g/mol. The number of carbonyl (C=O) groups excluding carboxylic acids is 2. The first-order chi connectivity index (χ1) is 10.6. The second-order valence-electron chi connectivity index (χ2n) is 5.77. The van der Waals surface area contributed by atoms with Gasteiger partial charge < -0.3 is 4.74 Å². The summed E-state index contributed by atoms with van der Waals surface area (Å²) in [6, 6.07) is 0. The lowest BCUT2D eigenvalue weighted by Gasteiger charge is -2.04. The molecule has 0 aromatic heterocycles. The number of hydrogen-bond donors (Lipinski definition) is 2. The smallest absolute Gasteiger partial charge is 0.333 e. The van der Waals surface area contributed by atoms with Crippen LogP contribution in [-0.2, 0) is 14.3 Å². The van der Waals surface area contributed by atoms with E-state index < -0.39 is 0 Å². The summed E-state index contributed by atoms with van der Waals surface area (Å²) in [5.41, 5.74) is 2.61. The zero-order valence-electron chi connectivity index (χ0n) is 14.0. The van der Waals surface area contributed by atoms with Gasteiger partial charge in [0, 0.05) is 12.0 Å². The van der Waals surface area contributed by atoms with Crippen molar-refractivity contribution in [2.24, 2.45) is 5.84 Å². The fourth-order valence-electron chi connectivity index (χ4n) is 2.16. The van der Waals surface area contributed by atoms with Crippen LogP contribution >= 0.6 is 0 Å². The van der Waals surface area contributed by atoms with E-state index in [2.05, 4.69) is 12.0 Å². The Morgan fingerprint density at radius 3 is 1.82 bits per heavy atom. The van der Waals surface area contributed by atoms with Crippen molar-refractivity contribution in [3.05, 3.63) is 12.2 Å². The summed E-state index contributed by atoms with van der Waals surface area (Å²) in [5, 5.41) is 0. The molecule has 0 aliphatic heterocycles. The van der Waals surface area contributed by atoms with Gasteiger partial charge in [-0.15, -0.1) is 0 Å². The summed E-state index contributed by atoms with van der Waals surface area (Å²) < 4.78 is 5.04. The van der Waals surface area contributed by atoms with E-state index in [0.717, 1.165) is 25.7 Å². The molecule has 0 radical (unpaired) electrons. The largest absolute Gasteiger partial charge is 0.462 e. The Kier molecular flexibility index (Phi) is 13.7. The van der Waals surface area contributed by atoms with Gasteiger partial charge in [0.1, 0.15) is 0 Å². The minimum absolute atomic E-state index is 0.0751. The Hall–Kier alpha value is -1.36. The maximum atomic E-state index is 11.1. The molecule has 0 atom stereocenters. The van der Waals surface area contributed by atoms with Crippen molar-refractivity contribution >= 4 is 11.9 Å². The highest BCUT2D eigenvalue weighted by atomic mass is 16.5. The van der Waals surface area contributed by atoms with Crippen molar-refractivity contribution in [3.63, 3.8) is 0 Å². The number of hydrogen-bond acceptors (Lipinski definition) is 4. The van der Waals surface area contributed by atoms with E-state index >= 15 is 0 Å². The van der Waals surface area contributed by atoms with Crippen LogP contribution in [0.25, 0.3) is 0 Å². The molecule has 128 valence electrons. The summed E-state index contributed by atoms with van der Waals surface area (Å²) in [6.45, 7) is 5.71. The molecule has 3 N–H and O–H groups in total. The Morgan fingerprint density at radius 2 is 1.36 bits per heavy atom. The third kappa shape index (κ3) is 13.6. The molecule has 0 fully saturated rings. The van der Waals surface area contributed by atoms with E-state index in [4.69, 9.17) is 10.6 Å². The van der Waals surface area contributed by atoms with E-state index in [9.17, 15) is 9.59 Å². The van der Waals surface area contributed by atoms with Gasteiger partial charge in [0.25, 0.3) is 0 Å². The zero-order chi connectivity index (χ0) is 16.6. The van der Waals surface area contributed by atoms with Gasteiger partial charge in [0.2, 0.25) is 5.91 Å². The van der Waals surface area contributed by atoms with Crippen molar-refractivity contribution in [1.29, 1.82) is 0 Å². The van der Waals surface area contributed by atoms with Crippen LogP contribution in [0.3, 0.4) is 0 Å². The summed E-state index contributed by atoms with van der Waals surface area (Å²) in [4.78, 5) is 22.0. The summed E-state index contributed by atoms with van der Waals surface area (Å²) in [5.74, 6) is 4.65. The van der Waals surface area contributed by atoms with Gasteiger partial charge in [-0.25, -0.2) is 10.6 Å². The van der Waals surface area contributed by atoms with Crippen LogP contribution in [0.1, 0.15) is 77.6 Å². The van der Waals surface area contributed by atoms with Gasteiger partial charge in [0.15, 0.2) is 0 Å². The third-order valence-corrected chi connectivity index (χ3v) is 3.54. The molecule has 0 saturated carbocycles. The van der Waals surface area contributed by atoms with Crippen molar-refractivity contribution in [1.82, 2.24) is 5.43 Å². The first-order valence-electron chi connectivity index (χ1n) is 8.40. The molecule has 0 aromatic carbocycles. The number of rotatable bonds is 14. The number of ether oxygens (including phenoxy) is 1. The topological polar surface area (TPSA) is 81.4 Å². The van der Waals surface area contributed by atoms with Gasteiger partial charge in [-0.1, -0.05) is 57.9 Å². The number of nitrogens with two attached hydrogens (primary N) is 1. The maximum Gasteiger partial charge on any atom is 0.333 e. The molecule has 1 amide bonds. The highest BCUT2D eigenvalue weighted by molar-refractivity contribution is 5.86. The van der Waals surface area contributed by atoms with Crippen LogP contribution in [-0.4, -0.2) is 18.5 Å². The van der Waals surface area contributed by atoms with Crippen molar-refractivity contribution < 1.29 is 14.3 Å². The number of unbranched alkanes of at least 4 members (excludes halogenated alkanes) is 9. The van der Waals surface area contributed by atoms with Crippen LogP contribution in [0.5, 0.6) is 0 Å². The van der Waals surface area contributed by atoms with Gasteiger partial charge in [0.05, 0.1) is 6.61 Å². The summed E-state index contributed by atoms with van der Waals surface area (Å²) >= 11 is 0. The highest BCUT2D eigenvalue weighted by Crippen LogP contribution is 2.11. The third-order valence-electron chi connectivity index (χ3n) is 3.54. The minimum atomic E-state index is -0.288. The summed E-state index contributed by atoms with van der Waals surface area (Å²) in [6.07, 6.45) is 12.0. The molecule has 0 spiro atoms. The van der Waals surface area contributed by atoms with E-state index in [1.165, 1.54) is 38.5 Å². The maximum absolute atomic E-state index is 11.1. The van der Waals surface area contributed by atoms with Crippen molar-refractivity contribution in [2.75, 3.05) is 6.61 Å². The zero-order valence-corrected chi connectivity index (χ0v) is 14.0.